The number of thiophene rings is 1. The first-order valence-electron chi connectivity index (χ1n) is 3.47. The molecule has 0 spiro atoms. The second-order valence-electron chi connectivity index (χ2n) is 2.33. The molecule has 2 heterocycles. The maximum absolute atomic E-state index is 9.72. The van der Waals surface area contributed by atoms with Crippen LogP contribution in [-0.2, 0) is 0 Å². The zero-order valence-corrected chi connectivity index (χ0v) is 7.81. The van der Waals surface area contributed by atoms with Crippen LogP contribution in [0.3, 0.4) is 0 Å². The lowest BCUT2D eigenvalue weighted by atomic mass is 10.2. The molecule has 0 saturated carbocycles. The molecule has 0 aromatic carbocycles. The first-order chi connectivity index (χ1) is 5.88. The Morgan fingerprint density at radius 3 is 2.92 bits per heavy atom. The highest BCUT2D eigenvalue weighted by Crippen LogP contribution is 2.24. The summed E-state index contributed by atoms with van der Waals surface area (Å²) in [6.45, 7) is 0. The third kappa shape index (κ3) is 1.41. The van der Waals surface area contributed by atoms with Crippen LogP contribution >= 0.6 is 22.7 Å². The minimum atomic E-state index is -0.545. The van der Waals surface area contributed by atoms with Crippen LogP contribution in [0.15, 0.2) is 28.4 Å². The van der Waals surface area contributed by atoms with Crippen molar-refractivity contribution < 1.29 is 5.11 Å². The van der Waals surface area contributed by atoms with Gasteiger partial charge in [-0.1, -0.05) is 0 Å². The van der Waals surface area contributed by atoms with E-state index in [0.717, 1.165) is 10.6 Å². The van der Waals surface area contributed by atoms with Crippen LogP contribution in [0.4, 0.5) is 0 Å². The molecule has 0 amide bonds. The van der Waals surface area contributed by atoms with Crippen molar-refractivity contribution in [1.29, 1.82) is 0 Å². The van der Waals surface area contributed by atoms with E-state index >= 15 is 0 Å². The molecule has 0 fully saturated rings. The zero-order chi connectivity index (χ0) is 8.39. The largest absolute Gasteiger partial charge is 0.381 e. The van der Waals surface area contributed by atoms with Crippen molar-refractivity contribution in [2.24, 2.45) is 0 Å². The van der Waals surface area contributed by atoms with Gasteiger partial charge in [-0.25, -0.2) is 4.98 Å². The molecule has 0 aliphatic heterocycles. The maximum atomic E-state index is 9.72. The summed E-state index contributed by atoms with van der Waals surface area (Å²) in [5.41, 5.74) is 0.926. The molecule has 0 saturated heterocycles. The zero-order valence-electron chi connectivity index (χ0n) is 6.18. The van der Waals surface area contributed by atoms with Crippen LogP contribution in [0.5, 0.6) is 0 Å². The van der Waals surface area contributed by atoms with Crippen molar-refractivity contribution in [3.63, 3.8) is 0 Å². The van der Waals surface area contributed by atoms with Crippen molar-refractivity contribution in [2.75, 3.05) is 0 Å². The normalized spacial score (nSPS) is 13.1. The molecule has 2 nitrogen and oxygen atoms in total. The predicted molar refractivity (Wildman–Crippen MR) is 50.5 cm³/mol. The second-order valence-corrected chi connectivity index (χ2v) is 4.04. The average molecular weight is 197 g/mol. The number of aliphatic hydroxyl groups is 1. The summed E-state index contributed by atoms with van der Waals surface area (Å²) in [4.78, 5) is 4.05. The van der Waals surface area contributed by atoms with Gasteiger partial charge in [0.1, 0.15) is 11.1 Å². The van der Waals surface area contributed by atoms with Gasteiger partial charge >= 0.3 is 0 Å². The Kier molecular flexibility index (Phi) is 2.21. The van der Waals surface area contributed by atoms with Crippen LogP contribution in [-0.4, -0.2) is 10.1 Å². The smallest absolute Gasteiger partial charge is 0.131 e. The van der Waals surface area contributed by atoms with Gasteiger partial charge in [-0.15, -0.1) is 11.3 Å². The molecular formula is C8H7NOS2. The van der Waals surface area contributed by atoms with Gasteiger partial charge in [0.05, 0.1) is 0 Å². The highest BCUT2D eigenvalue weighted by molar-refractivity contribution is 7.09. The summed E-state index contributed by atoms with van der Waals surface area (Å²) in [6.07, 6.45) is 1.16. The molecule has 0 aliphatic rings. The number of aromatic nitrogens is 1. The lowest BCUT2D eigenvalue weighted by Crippen LogP contribution is -1.95. The predicted octanol–water partition coefficient (Wildman–Crippen LogP) is 2.29. The molecule has 1 N–H and O–H groups in total. The summed E-state index contributed by atoms with van der Waals surface area (Å²) >= 11 is 3.05. The number of hydrogen-bond acceptors (Lipinski definition) is 4. The van der Waals surface area contributed by atoms with Gasteiger partial charge in [-0.3, -0.25) is 0 Å². The lowest BCUT2D eigenvalue weighted by Gasteiger charge is -2.02. The number of aliphatic hydroxyl groups excluding tert-OH is 1. The van der Waals surface area contributed by atoms with Gasteiger partial charge in [0, 0.05) is 11.6 Å². The van der Waals surface area contributed by atoms with Crippen molar-refractivity contribution >= 4 is 22.7 Å². The molecular weight excluding hydrogens is 190 g/mol. The fourth-order valence-corrected chi connectivity index (χ4v) is 2.27. The highest BCUT2D eigenvalue weighted by Gasteiger charge is 2.12. The number of rotatable bonds is 2. The van der Waals surface area contributed by atoms with Gasteiger partial charge in [0.15, 0.2) is 0 Å². The van der Waals surface area contributed by atoms with Gasteiger partial charge in [-0.2, -0.15) is 11.3 Å². The van der Waals surface area contributed by atoms with Crippen molar-refractivity contribution in [3.05, 3.63) is 39.0 Å². The molecule has 62 valence electrons. The molecule has 2 aromatic heterocycles. The van der Waals surface area contributed by atoms with Gasteiger partial charge in [-0.05, 0) is 22.4 Å². The van der Waals surface area contributed by atoms with E-state index in [1.54, 1.807) is 17.5 Å². The molecule has 0 aliphatic carbocycles. The van der Waals surface area contributed by atoms with Gasteiger partial charge in [0.25, 0.3) is 0 Å². The Bertz CT molecular complexity index is 294. The van der Waals surface area contributed by atoms with Gasteiger partial charge < -0.3 is 5.11 Å². The first-order valence-corrected chi connectivity index (χ1v) is 5.30. The lowest BCUT2D eigenvalue weighted by molar-refractivity contribution is 0.220. The monoisotopic (exact) mass is 197 g/mol. The maximum Gasteiger partial charge on any atom is 0.131 e. The van der Waals surface area contributed by atoms with E-state index < -0.39 is 6.10 Å². The average Bonchev–Trinajstić information content (AvgIpc) is 2.77. The first kappa shape index (κ1) is 7.91. The molecule has 2 aromatic rings. The van der Waals surface area contributed by atoms with E-state index in [4.69, 9.17) is 0 Å². The van der Waals surface area contributed by atoms with Crippen molar-refractivity contribution in [1.82, 2.24) is 4.98 Å². The molecule has 1 unspecified atom stereocenters. The van der Waals surface area contributed by atoms with Crippen molar-refractivity contribution in [2.45, 2.75) is 6.10 Å². The quantitative estimate of drug-likeness (QED) is 0.801. The summed E-state index contributed by atoms with van der Waals surface area (Å²) < 4.78 is 0. The fourth-order valence-electron chi connectivity index (χ4n) is 0.943. The van der Waals surface area contributed by atoms with Crippen LogP contribution in [0.25, 0.3) is 0 Å². The van der Waals surface area contributed by atoms with E-state index in [1.165, 1.54) is 11.3 Å². The fraction of sp³-hybridized carbons (Fsp3) is 0.125. The Labute approximate surface area is 78.1 Å². The van der Waals surface area contributed by atoms with E-state index in [9.17, 15) is 5.11 Å². The van der Waals surface area contributed by atoms with E-state index in [0.29, 0.717) is 0 Å². The second kappa shape index (κ2) is 3.35. The molecule has 12 heavy (non-hydrogen) atoms. The van der Waals surface area contributed by atoms with E-state index in [-0.39, 0.29) is 0 Å². The van der Waals surface area contributed by atoms with Crippen LogP contribution < -0.4 is 0 Å². The summed E-state index contributed by atoms with van der Waals surface area (Å²) in [5.74, 6) is 0. The number of thiazole rings is 1. The summed E-state index contributed by atoms with van der Waals surface area (Å²) in [6, 6.07) is 1.91. The molecule has 2 rings (SSSR count). The van der Waals surface area contributed by atoms with E-state index in [1.807, 2.05) is 22.2 Å². The van der Waals surface area contributed by atoms with Gasteiger partial charge in [0.2, 0.25) is 0 Å². The summed E-state index contributed by atoms with van der Waals surface area (Å²) in [5, 5.41) is 16.2. The Hall–Kier alpha value is -0.710. The van der Waals surface area contributed by atoms with E-state index in [2.05, 4.69) is 4.98 Å². The minimum Gasteiger partial charge on any atom is -0.381 e. The van der Waals surface area contributed by atoms with Crippen LogP contribution in [0.2, 0.25) is 0 Å². The Balaban J connectivity index is 2.27. The molecule has 0 bridgehead atoms. The molecule has 1 atom stereocenters. The van der Waals surface area contributed by atoms with Crippen LogP contribution in [0, 0.1) is 0 Å². The topological polar surface area (TPSA) is 33.1 Å². The van der Waals surface area contributed by atoms with Crippen LogP contribution in [0.1, 0.15) is 16.7 Å². The minimum absolute atomic E-state index is 0.545. The summed E-state index contributed by atoms with van der Waals surface area (Å²) in [7, 11) is 0. The number of nitrogens with zero attached hydrogens (tertiary/aromatic N) is 1. The SMILES string of the molecule is OC(c1ccsc1)c1nccs1. The third-order valence-electron chi connectivity index (χ3n) is 1.54. The highest BCUT2D eigenvalue weighted by atomic mass is 32.1. The molecule has 4 heteroatoms. The standard InChI is InChI=1S/C8H7NOS2/c10-7(6-1-3-11-5-6)8-9-2-4-12-8/h1-5,7,10H. The van der Waals surface area contributed by atoms with Crippen molar-refractivity contribution in [3.8, 4) is 0 Å². The molecule has 0 radical (unpaired) electrons. The number of hydrogen-bond donors (Lipinski definition) is 1. The Morgan fingerprint density at radius 1 is 1.42 bits per heavy atom. The third-order valence-corrected chi connectivity index (χ3v) is 3.07. The Morgan fingerprint density at radius 2 is 2.33 bits per heavy atom.